The van der Waals surface area contributed by atoms with E-state index < -0.39 is 0 Å². The van der Waals surface area contributed by atoms with Crippen molar-refractivity contribution < 1.29 is 14.3 Å². The van der Waals surface area contributed by atoms with Crippen LogP contribution in [-0.4, -0.2) is 52.1 Å². The lowest BCUT2D eigenvalue weighted by atomic mass is 10.1. The van der Waals surface area contributed by atoms with Crippen molar-refractivity contribution >= 4 is 45.7 Å². The van der Waals surface area contributed by atoms with Gasteiger partial charge in [0.2, 0.25) is 5.91 Å². The number of esters is 1. The number of anilines is 2. The van der Waals surface area contributed by atoms with Gasteiger partial charge in [-0.1, -0.05) is 18.2 Å². The Balaban J connectivity index is 1.47. The lowest BCUT2D eigenvalue weighted by molar-refractivity contribution is -0.113. The molecule has 1 aliphatic rings. The molecule has 0 aliphatic heterocycles. The number of fused-ring (bicyclic) bond motifs is 1. The summed E-state index contributed by atoms with van der Waals surface area (Å²) in [6.45, 7) is 11.1. The second-order valence-corrected chi connectivity index (χ2v) is 11.1. The summed E-state index contributed by atoms with van der Waals surface area (Å²) in [6.07, 6.45) is 5.10. The smallest absolute Gasteiger partial charge is 0.341 e. The number of aryl methyl sites for hydroxylation is 1. The van der Waals surface area contributed by atoms with Gasteiger partial charge in [-0.15, -0.1) is 21.5 Å². The number of carbonyl (C=O) groups excluding carboxylic acids is 2. The minimum atomic E-state index is -0.350. The topological polar surface area (TPSA) is 89.3 Å². The predicted molar refractivity (Wildman–Crippen MR) is 156 cm³/mol. The van der Waals surface area contributed by atoms with E-state index in [2.05, 4.69) is 58.5 Å². The minimum Gasteiger partial charge on any atom is -0.462 e. The zero-order valence-corrected chi connectivity index (χ0v) is 24.3. The second-order valence-electron chi connectivity index (χ2n) is 9.10. The third-order valence-electron chi connectivity index (χ3n) is 6.77. The SMILES string of the molecule is CCOC(=O)c1c(NC(=O)CSc2nnc(-c3ccc(N(CC)CC)cc3)n2CC)sc2c1CCCCC2. The van der Waals surface area contributed by atoms with Gasteiger partial charge in [-0.3, -0.25) is 4.79 Å². The maximum atomic E-state index is 13.0. The number of amides is 1. The van der Waals surface area contributed by atoms with Crippen LogP contribution >= 0.6 is 23.1 Å². The molecule has 2 aromatic heterocycles. The molecule has 1 N–H and O–H groups in total. The van der Waals surface area contributed by atoms with Gasteiger partial charge in [0.25, 0.3) is 0 Å². The van der Waals surface area contributed by atoms with E-state index in [0.29, 0.717) is 28.9 Å². The summed E-state index contributed by atoms with van der Waals surface area (Å²) in [4.78, 5) is 29.3. The van der Waals surface area contributed by atoms with E-state index in [-0.39, 0.29) is 17.6 Å². The van der Waals surface area contributed by atoms with Crippen molar-refractivity contribution in [2.24, 2.45) is 0 Å². The van der Waals surface area contributed by atoms with E-state index in [1.54, 1.807) is 6.92 Å². The van der Waals surface area contributed by atoms with Crippen LogP contribution in [-0.2, 0) is 28.9 Å². The maximum absolute atomic E-state index is 13.0. The molecule has 1 amide bonds. The second kappa shape index (κ2) is 13.3. The van der Waals surface area contributed by atoms with Crippen LogP contribution in [0.1, 0.15) is 67.8 Å². The number of benzene rings is 1. The number of nitrogens with zero attached hydrogens (tertiary/aromatic N) is 4. The van der Waals surface area contributed by atoms with Gasteiger partial charge >= 0.3 is 5.97 Å². The Labute approximate surface area is 233 Å². The first kappa shape index (κ1) is 28.2. The molecule has 2 heterocycles. The van der Waals surface area contributed by atoms with Gasteiger partial charge in [0, 0.05) is 35.8 Å². The molecule has 0 atom stereocenters. The number of nitrogens with one attached hydrogen (secondary N) is 1. The molecule has 4 rings (SSSR count). The van der Waals surface area contributed by atoms with Gasteiger partial charge in [-0.25, -0.2) is 4.79 Å². The molecule has 8 nitrogen and oxygen atoms in total. The Hall–Kier alpha value is -2.85. The fourth-order valence-corrected chi connectivity index (χ4v) is 6.94. The minimum absolute atomic E-state index is 0.170. The molecule has 204 valence electrons. The summed E-state index contributed by atoms with van der Waals surface area (Å²) in [5.74, 6) is 0.433. The lowest BCUT2D eigenvalue weighted by Crippen LogP contribution is -2.21. The molecule has 0 saturated carbocycles. The molecule has 0 spiro atoms. The summed E-state index contributed by atoms with van der Waals surface area (Å²) in [5, 5.41) is 13.1. The molecule has 0 bridgehead atoms. The average Bonchev–Trinajstić information content (AvgIpc) is 3.41. The number of ether oxygens (including phenoxy) is 1. The van der Waals surface area contributed by atoms with Crippen molar-refractivity contribution in [2.45, 2.75) is 71.5 Å². The average molecular weight is 556 g/mol. The van der Waals surface area contributed by atoms with E-state index in [1.165, 1.54) is 33.7 Å². The van der Waals surface area contributed by atoms with Crippen LogP contribution in [0.15, 0.2) is 29.4 Å². The molecule has 3 aromatic rings. The van der Waals surface area contributed by atoms with E-state index in [9.17, 15) is 9.59 Å². The van der Waals surface area contributed by atoms with Gasteiger partial charge < -0.3 is 19.5 Å². The first-order valence-electron chi connectivity index (χ1n) is 13.5. The maximum Gasteiger partial charge on any atom is 0.341 e. The molecule has 0 radical (unpaired) electrons. The van der Waals surface area contributed by atoms with Gasteiger partial charge in [-0.05, 0) is 83.2 Å². The standard InChI is InChI=1S/C28H37N5O3S2/c1-5-32(6-2)20-16-14-19(15-17-20)25-30-31-28(33(25)7-3)37-18-23(34)29-26-24(27(35)36-8-4)21-12-10-9-11-13-22(21)38-26/h14-17H,5-13,18H2,1-4H3,(H,29,34). The van der Waals surface area contributed by atoms with E-state index in [0.717, 1.165) is 62.1 Å². The molecular weight excluding hydrogens is 518 g/mol. The van der Waals surface area contributed by atoms with Crippen molar-refractivity contribution in [1.29, 1.82) is 0 Å². The fraction of sp³-hybridized carbons (Fsp3) is 0.500. The number of aromatic nitrogens is 3. The van der Waals surface area contributed by atoms with Crippen LogP contribution in [0.5, 0.6) is 0 Å². The molecule has 0 saturated heterocycles. The summed E-state index contributed by atoms with van der Waals surface area (Å²) in [6, 6.07) is 8.37. The number of rotatable bonds is 11. The van der Waals surface area contributed by atoms with Crippen molar-refractivity contribution in [3.05, 3.63) is 40.3 Å². The highest BCUT2D eigenvalue weighted by Gasteiger charge is 2.27. The van der Waals surface area contributed by atoms with Crippen molar-refractivity contribution in [1.82, 2.24) is 14.8 Å². The third-order valence-corrected chi connectivity index (χ3v) is 8.95. The van der Waals surface area contributed by atoms with Crippen LogP contribution < -0.4 is 10.2 Å². The Morgan fingerprint density at radius 1 is 1.05 bits per heavy atom. The van der Waals surface area contributed by atoms with Gasteiger partial charge in [0.1, 0.15) is 5.00 Å². The van der Waals surface area contributed by atoms with E-state index in [1.807, 2.05) is 11.5 Å². The van der Waals surface area contributed by atoms with Gasteiger partial charge in [0.15, 0.2) is 11.0 Å². The Bertz CT molecular complexity index is 1250. The molecule has 0 unspecified atom stereocenters. The van der Waals surface area contributed by atoms with Crippen molar-refractivity contribution in [2.75, 3.05) is 35.7 Å². The number of hydrogen-bond donors (Lipinski definition) is 1. The summed E-state index contributed by atoms with van der Waals surface area (Å²) in [7, 11) is 0. The Kier molecular flexibility index (Phi) is 9.85. The molecule has 38 heavy (non-hydrogen) atoms. The summed E-state index contributed by atoms with van der Waals surface area (Å²) in [5.41, 5.74) is 3.77. The van der Waals surface area contributed by atoms with Crippen molar-refractivity contribution in [3.63, 3.8) is 0 Å². The highest BCUT2D eigenvalue weighted by molar-refractivity contribution is 7.99. The number of thioether (sulfide) groups is 1. The largest absolute Gasteiger partial charge is 0.462 e. The quantitative estimate of drug-likeness (QED) is 0.175. The first-order chi connectivity index (χ1) is 18.5. The molecular formula is C28H37N5O3S2. The third kappa shape index (κ3) is 6.23. The summed E-state index contributed by atoms with van der Waals surface area (Å²) < 4.78 is 7.37. The van der Waals surface area contributed by atoms with Crippen molar-refractivity contribution in [3.8, 4) is 11.4 Å². The molecule has 1 aliphatic carbocycles. The number of hydrogen-bond acceptors (Lipinski definition) is 8. The molecule has 1 aromatic carbocycles. The first-order valence-corrected chi connectivity index (χ1v) is 15.3. The van der Waals surface area contributed by atoms with E-state index >= 15 is 0 Å². The lowest BCUT2D eigenvalue weighted by Gasteiger charge is -2.21. The van der Waals surface area contributed by atoms with Gasteiger partial charge in [0.05, 0.1) is 17.9 Å². The zero-order valence-electron chi connectivity index (χ0n) is 22.7. The Morgan fingerprint density at radius 3 is 2.47 bits per heavy atom. The molecule has 10 heteroatoms. The van der Waals surface area contributed by atoms with Crippen LogP contribution in [0.3, 0.4) is 0 Å². The monoisotopic (exact) mass is 555 g/mol. The molecule has 0 fully saturated rings. The predicted octanol–water partition coefficient (Wildman–Crippen LogP) is 6.05. The number of carbonyl (C=O) groups is 2. The fourth-order valence-electron chi connectivity index (χ4n) is 4.85. The van der Waals surface area contributed by atoms with Crippen LogP contribution in [0.25, 0.3) is 11.4 Å². The number of thiophene rings is 1. The van der Waals surface area contributed by atoms with Crippen LogP contribution in [0.2, 0.25) is 0 Å². The Morgan fingerprint density at radius 2 is 1.79 bits per heavy atom. The van der Waals surface area contributed by atoms with Crippen LogP contribution in [0, 0.1) is 0 Å². The van der Waals surface area contributed by atoms with Gasteiger partial charge in [-0.2, -0.15) is 0 Å². The van der Waals surface area contributed by atoms with Crippen LogP contribution in [0.4, 0.5) is 10.7 Å². The van der Waals surface area contributed by atoms with E-state index in [4.69, 9.17) is 4.74 Å². The highest BCUT2D eigenvalue weighted by Crippen LogP contribution is 2.38. The highest BCUT2D eigenvalue weighted by atomic mass is 32.2. The normalized spacial score (nSPS) is 13.1. The summed E-state index contributed by atoms with van der Waals surface area (Å²) >= 11 is 2.87. The zero-order chi connectivity index (χ0) is 27.1.